The lowest BCUT2D eigenvalue weighted by Crippen LogP contribution is -2.18. The van der Waals surface area contributed by atoms with Gasteiger partial charge in [0.15, 0.2) is 0 Å². The van der Waals surface area contributed by atoms with Gasteiger partial charge >= 0.3 is 6.09 Å². The van der Waals surface area contributed by atoms with E-state index in [9.17, 15) is 4.79 Å². The minimum Gasteiger partial charge on any atom is -0.495 e. The van der Waals surface area contributed by atoms with Crippen LogP contribution < -0.4 is 15.8 Å². The van der Waals surface area contributed by atoms with E-state index in [1.807, 2.05) is 6.07 Å². The second-order valence-corrected chi connectivity index (χ2v) is 3.82. The first-order chi connectivity index (χ1) is 8.06. The van der Waals surface area contributed by atoms with Crippen molar-refractivity contribution in [1.29, 1.82) is 0 Å². The van der Waals surface area contributed by atoms with Gasteiger partial charge in [0.05, 0.1) is 18.9 Å². The van der Waals surface area contributed by atoms with Gasteiger partial charge in [-0.15, -0.1) is 0 Å². The lowest BCUT2D eigenvalue weighted by atomic mass is 10.2. The molecule has 0 bridgehead atoms. The van der Waals surface area contributed by atoms with Crippen LogP contribution in [0.15, 0.2) is 18.2 Å². The predicted molar refractivity (Wildman–Crippen MR) is 66.1 cm³/mol. The van der Waals surface area contributed by atoms with Gasteiger partial charge in [0, 0.05) is 6.54 Å². The van der Waals surface area contributed by atoms with Crippen molar-refractivity contribution in [3.8, 4) is 5.75 Å². The average Bonchev–Trinajstić information content (AvgIpc) is 2.28. The predicted octanol–water partition coefficient (Wildman–Crippen LogP) is 2.11. The maximum Gasteiger partial charge on any atom is 0.411 e. The number of nitrogens with one attached hydrogen (secondary N) is 1. The molecule has 0 radical (unpaired) electrons. The van der Waals surface area contributed by atoms with E-state index in [0.29, 0.717) is 18.0 Å². The zero-order valence-electron chi connectivity index (χ0n) is 10.3. The van der Waals surface area contributed by atoms with Crippen molar-refractivity contribution in [2.45, 2.75) is 26.5 Å². The number of nitrogens with two attached hydrogens (primary N) is 1. The number of benzene rings is 1. The highest BCUT2D eigenvalue weighted by Gasteiger charge is 2.10. The second-order valence-electron chi connectivity index (χ2n) is 3.82. The van der Waals surface area contributed by atoms with E-state index in [0.717, 1.165) is 5.56 Å². The standard InChI is InChI=1S/C12H18N2O3/c1-8(2)17-12(15)14-10-5-4-9(7-13)6-11(10)16-3/h4-6,8H,7,13H2,1-3H3,(H,14,15). The fraction of sp³-hybridized carbons (Fsp3) is 0.417. The Hall–Kier alpha value is -1.75. The number of hydrogen-bond acceptors (Lipinski definition) is 4. The number of carbonyl (C=O) groups is 1. The van der Waals surface area contributed by atoms with Crippen LogP contribution >= 0.6 is 0 Å². The zero-order valence-corrected chi connectivity index (χ0v) is 10.3. The molecule has 0 atom stereocenters. The Morgan fingerprint density at radius 1 is 1.47 bits per heavy atom. The monoisotopic (exact) mass is 238 g/mol. The van der Waals surface area contributed by atoms with Gasteiger partial charge in [-0.3, -0.25) is 5.32 Å². The van der Waals surface area contributed by atoms with E-state index in [4.69, 9.17) is 15.2 Å². The number of rotatable bonds is 4. The van der Waals surface area contributed by atoms with Crippen LogP contribution in [0.3, 0.4) is 0 Å². The SMILES string of the molecule is COc1cc(CN)ccc1NC(=O)OC(C)C. The first-order valence-corrected chi connectivity index (χ1v) is 5.41. The van der Waals surface area contributed by atoms with Crippen LogP contribution in [0.4, 0.5) is 10.5 Å². The van der Waals surface area contributed by atoms with Gasteiger partial charge in [-0.2, -0.15) is 0 Å². The number of ether oxygens (including phenoxy) is 2. The first kappa shape index (κ1) is 13.3. The van der Waals surface area contributed by atoms with Gasteiger partial charge < -0.3 is 15.2 Å². The van der Waals surface area contributed by atoms with Crippen LogP contribution in [0, 0.1) is 0 Å². The topological polar surface area (TPSA) is 73.6 Å². The van der Waals surface area contributed by atoms with E-state index < -0.39 is 6.09 Å². The molecule has 0 saturated carbocycles. The molecule has 1 rings (SSSR count). The van der Waals surface area contributed by atoms with Crippen LogP contribution in [0.25, 0.3) is 0 Å². The molecule has 0 aliphatic carbocycles. The summed E-state index contributed by atoms with van der Waals surface area (Å²) < 4.78 is 10.1. The maximum absolute atomic E-state index is 11.4. The van der Waals surface area contributed by atoms with Crippen LogP contribution in [0.5, 0.6) is 5.75 Å². The smallest absolute Gasteiger partial charge is 0.411 e. The Kier molecular flexibility index (Phi) is 4.78. The Bertz CT molecular complexity index is 391. The van der Waals surface area contributed by atoms with Crippen molar-refractivity contribution in [2.75, 3.05) is 12.4 Å². The number of amides is 1. The van der Waals surface area contributed by atoms with E-state index in [1.54, 1.807) is 26.0 Å². The molecule has 5 heteroatoms. The van der Waals surface area contributed by atoms with Gasteiger partial charge in [0.1, 0.15) is 5.75 Å². The summed E-state index contributed by atoms with van der Waals surface area (Å²) in [5.74, 6) is 0.564. The van der Waals surface area contributed by atoms with Crippen molar-refractivity contribution < 1.29 is 14.3 Å². The third kappa shape index (κ3) is 3.96. The lowest BCUT2D eigenvalue weighted by Gasteiger charge is -2.13. The van der Waals surface area contributed by atoms with Crippen LogP contribution in [0.1, 0.15) is 19.4 Å². The summed E-state index contributed by atoms with van der Waals surface area (Å²) in [6, 6.07) is 5.35. The highest BCUT2D eigenvalue weighted by atomic mass is 16.6. The summed E-state index contributed by atoms with van der Waals surface area (Å²) in [6.07, 6.45) is -0.664. The quantitative estimate of drug-likeness (QED) is 0.842. The Labute approximate surface area is 101 Å². The molecule has 0 aliphatic heterocycles. The van der Waals surface area contributed by atoms with E-state index in [2.05, 4.69) is 5.32 Å². The summed E-state index contributed by atoms with van der Waals surface area (Å²) >= 11 is 0. The lowest BCUT2D eigenvalue weighted by molar-refractivity contribution is 0.130. The highest BCUT2D eigenvalue weighted by molar-refractivity contribution is 5.86. The van der Waals surface area contributed by atoms with Crippen LogP contribution in [-0.2, 0) is 11.3 Å². The number of hydrogen-bond donors (Lipinski definition) is 2. The third-order valence-corrected chi connectivity index (χ3v) is 2.08. The molecule has 1 aromatic rings. The second kappa shape index (κ2) is 6.10. The van der Waals surface area contributed by atoms with Crippen LogP contribution in [-0.4, -0.2) is 19.3 Å². The minimum absolute atomic E-state index is 0.163. The third-order valence-electron chi connectivity index (χ3n) is 2.08. The summed E-state index contributed by atoms with van der Waals surface area (Å²) in [7, 11) is 1.54. The molecular formula is C12H18N2O3. The molecule has 0 saturated heterocycles. The Balaban J connectivity index is 2.80. The van der Waals surface area contributed by atoms with Gasteiger partial charge in [-0.25, -0.2) is 4.79 Å². The number of methoxy groups -OCH3 is 1. The minimum atomic E-state index is -0.501. The van der Waals surface area contributed by atoms with E-state index in [-0.39, 0.29) is 6.10 Å². The van der Waals surface area contributed by atoms with Crippen molar-refractivity contribution in [3.63, 3.8) is 0 Å². The molecule has 0 heterocycles. The van der Waals surface area contributed by atoms with Crippen LogP contribution in [0.2, 0.25) is 0 Å². The Morgan fingerprint density at radius 3 is 2.71 bits per heavy atom. The summed E-state index contributed by atoms with van der Waals surface area (Å²) in [4.78, 5) is 11.4. The van der Waals surface area contributed by atoms with Gasteiger partial charge in [0.25, 0.3) is 0 Å². The van der Waals surface area contributed by atoms with Gasteiger partial charge in [-0.05, 0) is 31.5 Å². The van der Waals surface area contributed by atoms with Gasteiger partial charge in [0.2, 0.25) is 0 Å². The molecule has 0 aromatic heterocycles. The number of anilines is 1. The van der Waals surface area contributed by atoms with Crippen molar-refractivity contribution in [2.24, 2.45) is 5.73 Å². The summed E-state index contributed by atoms with van der Waals surface area (Å²) in [5.41, 5.74) is 7.02. The van der Waals surface area contributed by atoms with E-state index >= 15 is 0 Å². The molecule has 0 spiro atoms. The number of carbonyl (C=O) groups excluding carboxylic acids is 1. The van der Waals surface area contributed by atoms with Crippen molar-refractivity contribution >= 4 is 11.8 Å². The van der Waals surface area contributed by atoms with Gasteiger partial charge in [-0.1, -0.05) is 6.07 Å². The fourth-order valence-corrected chi connectivity index (χ4v) is 1.32. The molecule has 0 aliphatic rings. The highest BCUT2D eigenvalue weighted by Crippen LogP contribution is 2.25. The zero-order chi connectivity index (χ0) is 12.8. The summed E-state index contributed by atoms with van der Waals surface area (Å²) in [5, 5.41) is 2.62. The molecule has 0 unspecified atom stereocenters. The molecule has 17 heavy (non-hydrogen) atoms. The average molecular weight is 238 g/mol. The van der Waals surface area contributed by atoms with Crippen molar-refractivity contribution in [3.05, 3.63) is 23.8 Å². The van der Waals surface area contributed by atoms with Crippen molar-refractivity contribution in [1.82, 2.24) is 0 Å². The fourth-order valence-electron chi connectivity index (χ4n) is 1.32. The normalized spacial score (nSPS) is 10.2. The molecule has 1 aromatic carbocycles. The molecular weight excluding hydrogens is 220 g/mol. The Morgan fingerprint density at radius 2 is 2.18 bits per heavy atom. The molecule has 1 amide bonds. The molecule has 3 N–H and O–H groups in total. The maximum atomic E-state index is 11.4. The first-order valence-electron chi connectivity index (χ1n) is 5.41. The molecule has 0 fully saturated rings. The molecule has 94 valence electrons. The summed E-state index contributed by atoms with van der Waals surface area (Å²) in [6.45, 7) is 4.00. The van der Waals surface area contributed by atoms with E-state index in [1.165, 1.54) is 7.11 Å². The largest absolute Gasteiger partial charge is 0.495 e. The molecule has 5 nitrogen and oxygen atoms in total.